The molecule has 0 atom stereocenters. The highest BCUT2D eigenvalue weighted by atomic mass is 79.9. The Hall–Kier alpha value is -3.20. The van der Waals surface area contributed by atoms with E-state index in [4.69, 9.17) is 9.47 Å². The zero-order chi connectivity index (χ0) is 19.7. The van der Waals surface area contributed by atoms with Crippen LogP contribution in [0.1, 0.15) is 0 Å². The number of nitrogens with one attached hydrogen (secondary N) is 1. The van der Waals surface area contributed by atoms with Gasteiger partial charge in [-0.1, -0.05) is 15.9 Å². The van der Waals surface area contributed by atoms with Crippen molar-refractivity contribution in [3.63, 3.8) is 0 Å². The van der Waals surface area contributed by atoms with E-state index >= 15 is 0 Å². The molecule has 142 valence electrons. The molecule has 0 saturated heterocycles. The topological polar surface area (TPSA) is 82.5 Å². The number of fused-ring (bicyclic) bond motifs is 1. The normalized spacial score (nSPS) is 12.1. The van der Waals surface area contributed by atoms with Crippen LogP contribution in [0.5, 0.6) is 11.5 Å². The van der Waals surface area contributed by atoms with Gasteiger partial charge >= 0.3 is 0 Å². The van der Waals surface area contributed by atoms with E-state index in [1.807, 2.05) is 0 Å². The van der Waals surface area contributed by atoms with E-state index in [1.165, 1.54) is 24.5 Å². The molecule has 7 nitrogen and oxygen atoms in total. The number of carbonyl (C=O) groups is 1. The zero-order valence-electron chi connectivity index (χ0n) is 14.3. The van der Waals surface area contributed by atoms with Gasteiger partial charge in [0.2, 0.25) is 12.7 Å². The minimum atomic E-state index is -0.577. The standard InChI is InChI=1S/C19H13BrFN3O4/c20-12-2-3-14(13(21)6-12)23-18(25)8-24-9-22-15(7-19(24)26)11-1-4-16-17(5-11)28-10-27-16/h1-7,9H,8,10H2,(H,23,25). The van der Waals surface area contributed by atoms with Crippen LogP contribution in [0.25, 0.3) is 11.3 Å². The fraction of sp³-hybridized carbons (Fsp3) is 0.105. The molecule has 1 aliphatic heterocycles. The van der Waals surface area contributed by atoms with Crippen molar-refractivity contribution < 1.29 is 18.7 Å². The lowest BCUT2D eigenvalue weighted by Gasteiger charge is -2.09. The van der Waals surface area contributed by atoms with E-state index in [1.54, 1.807) is 24.3 Å². The van der Waals surface area contributed by atoms with E-state index < -0.39 is 17.3 Å². The number of hydrogen-bond acceptors (Lipinski definition) is 5. The van der Waals surface area contributed by atoms with Crippen molar-refractivity contribution in [1.82, 2.24) is 9.55 Å². The minimum Gasteiger partial charge on any atom is -0.454 e. The third-order valence-corrected chi connectivity index (χ3v) is 4.56. The monoisotopic (exact) mass is 445 g/mol. The average molecular weight is 446 g/mol. The highest BCUT2D eigenvalue weighted by molar-refractivity contribution is 9.10. The summed E-state index contributed by atoms with van der Waals surface area (Å²) in [5.41, 5.74) is 0.758. The van der Waals surface area contributed by atoms with Crippen molar-refractivity contribution in [2.75, 3.05) is 12.1 Å². The summed E-state index contributed by atoms with van der Waals surface area (Å²) in [7, 11) is 0. The Morgan fingerprint density at radius 2 is 2.00 bits per heavy atom. The number of rotatable bonds is 4. The zero-order valence-corrected chi connectivity index (χ0v) is 15.9. The lowest BCUT2D eigenvalue weighted by atomic mass is 10.1. The fourth-order valence-corrected chi connectivity index (χ4v) is 3.03. The number of nitrogens with zero attached hydrogens (tertiary/aromatic N) is 2. The molecule has 1 N–H and O–H groups in total. The number of halogens is 2. The predicted molar refractivity (Wildman–Crippen MR) is 103 cm³/mol. The van der Waals surface area contributed by atoms with Gasteiger partial charge in [0.05, 0.1) is 17.7 Å². The molecule has 0 saturated carbocycles. The molecule has 0 bridgehead atoms. The van der Waals surface area contributed by atoms with Crippen LogP contribution in [0, 0.1) is 5.82 Å². The second-order valence-corrected chi connectivity index (χ2v) is 6.90. The quantitative estimate of drug-likeness (QED) is 0.666. The maximum Gasteiger partial charge on any atom is 0.254 e. The molecule has 2 heterocycles. The van der Waals surface area contributed by atoms with E-state index in [0.717, 1.165) is 4.57 Å². The van der Waals surface area contributed by atoms with Gasteiger partial charge in [0.25, 0.3) is 5.56 Å². The molecule has 0 radical (unpaired) electrons. The van der Waals surface area contributed by atoms with E-state index in [2.05, 4.69) is 26.2 Å². The Bertz CT molecular complexity index is 1130. The summed E-state index contributed by atoms with van der Waals surface area (Å²) in [4.78, 5) is 28.7. The molecule has 1 aromatic heterocycles. The summed E-state index contributed by atoms with van der Waals surface area (Å²) in [6.45, 7) is -0.134. The SMILES string of the molecule is O=C(Cn1cnc(-c2ccc3c(c2)OCO3)cc1=O)Nc1ccc(Br)cc1F. The van der Waals surface area contributed by atoms with Crippen LogP contribution in [0.3, 0.4) is 0 Å². The molecular weight excluding hydrogens is 433 g/mol. The van der Waals surface area contributed by atoms with Crippen molar-refractivity contribution in [3.05, 3.63) is 69.4 Å². The van der Waals surface area contributed by atoms with Crippen molar-refractivity contribution >= 4 is 27.5 Å². The van der Waals surface area contributed by atoms with Crippen LogP contribution in [-0.2, 0) is 11.3 Å². The first-order valence-electron chi connectivity index (χ1n) is 8.21. The molecule has 28 heavy (non-hydrogen) atoms. The highest BCUT2D eigenvalue weighted by Crippen LogP contribution is 2.35. The predicted octanol–water partition coefficient (Wildman–Crippen LogP) is 3.18. The Morgan fingerprint density at radius 1 is 1.18 bits per heavy atom. The number of benzene rings is 2. The molecule has 2 aromatic carbocycles. The fourth-order valence-electron chi connectivity index (χ4n) is 2.69. The van der Waals surface area contributed by atoms with Gasteiger partial charge in [-0.3, -0.25) is 14.2 Å². The molecule has 9 heteroatoms. The van der Waals surface area contributed by atoms with Crippen molar-refractivity contribution in [2.24, 2.45) is 0 Å². The van der Waals surface area contributed by atoms with Crippen molar-refractivity contribution in [2.45, 2.75) is 6.54 Å². The number of amides is 1. The molecule has 0 aliphatic carbocycles. The second kappa shape index (κ2) is 7.43. The Kier molecular flexibility index (Phi) is 4.82. The summed E-state index contributed by atoms with van der Waals surface area (Å²) in [5, 5.41) is 2.43. The minimum absolute atomic E-state index is 0.0335. The molecule has 1 amide bonds. The summed E-state index contributed by atoms with van der Waals surface area (Å²) >= 11 is 3.15. The molecule has 0 unspecified atom stereocenters. The highest BCUT2D eigenvalue weighted by Gasteiger charge is 2.15. The van der Waals surface area contributed by atoms with Crippen molar-refractivity contribution in [3.8, 4) is 22.8 Å². The first kappa shape index (κ1) is 18.2. The maximum atomic E-state index is 13.8. The smallest absolute Gasteiger partial charge is 0.254 e. The van der Waals surface area contributed by atoms with Crippen molar-refractivity contribution in [1.29, 1.82) is 0 Å². The molecular formula is C19H13BrFN3O4. The first-order valence-corrected chi connectivity index (χ1v) is 9.00. The Balaban J connectivity index is 1.50. The summed E-state index contributed by atoms with van der Waals surface area (Å²) in [6, 6.07) is 10.8. The van der Waals surface area contributed by atoms with Gasteiger partial charge in [-0.25, -0.2) is 9.37 Å². The summed E-state index contributed by atoms with van der Waals surface area (Å²) < 4.78 is 26.1. The number of ether oxygens (including phenoxy) is 2. The maximum absolute atomic E-state index is 13.8. The Morgan fingerprint density at radius 3 is 2.79 bits per heavy atom. The molecule has 3 aromatic rings. The number of hydrogen-bond donors (Lipinski definition) is 1. The number of carbonyl (C=O) groups excluding carboxylic acids is 1. The average Bonchev–Trinajstić information content (AvgIpc) is 3.13. The van der Waals surface area contributed by atoms with Crippen LogP contribution >= 0.6 is 15.9 Å². The van der Waals surface area contributed by atoms with Crippen LogP contribution in [0.4, 0.5) is 10.1 Å². The largest absolute Gasteiger partial charge is 0.454 e. The molecule has 4 rings (SSSR count). The van der Waals surface area contributed by atoms with E-state index in [9.17, 15) is 14.0 Å². The van der Waals surface area contributed by atoms with Gasteiger partial charge in [0.1, 0.15) is 12.4 Å². The first-order chi connectivity index (χ1) is 13.5. The van der Waals surface area contributed by atoms with Gasteiger partial charge in [0, 0.05) is 16.1 Å². The lowest BCUT2D eigenvalue weighted by molar-refractivity contribution is -0.116. The van der Waals surface area contributed by atoms with Crippen LogP contribution in [0.2, 0.25) is 0 Å². The van der Waals surface area contributed by atoms with E-state index in [-0.39, 0.29) is 19.0 Å². The summed E-state index contributed by atoms with van der Waals surface area (Å²) in [5.74, 6) is 0.0978. The Labute approximate surface area is 166 Å². The van der Waals surface area contributed by atoms with Crippen LogP contribution in [-0.4, -0.2) is 22.3 Å². The van der Waals surface area contributed by atoms with Gasteiger partial charge in [-0.05, 0) is 36.4 Å². The van der Waals surface area contributed by atoms with Crippen LogP contribution in [0.15, 0.2) is 58.1 Å². The second-order valence-electron chi connectivity index (χ2n) is 5.98. The van der Waals surface area contributed by atoms with Crippen LogP contribution < -0.4 is 20.3 Å². The number of aromatic nitrogens is 2. The summed E-state index contributed by atoms with van der Waals surface area (Å²) in [6.07, 6.45) is 1.28. The molecule has 1 aliphatic rings. The van der Waals surface area contributed by atoms with Gasteiger partial charge in [0.15, 0.2) is 11.5 Å². The third-order valence-electron chi connectivity index (χ3n) is 4.07. The molecule has 0 spiro atoms. The number of anilines is 1. The van der Waals surface area contributed by atoms with Gasteiger partial charge in [-0.15, -0.1) is 0 Å². The van der Waals surface area contributed by atoms with Gasteiger partial charge in [-0.2, -0.15) is 0 Å². The molecule has 0 fully saturated rings. The van der Waals surface area contributed by atoms with Gasteiger partial charge < -0.3 is 14.8 Å². The third kappa shape index (κ3) is 3.74. The van der Waals surface area contributed by atoms with E-state index in [0.29, 0.717) is 27.2 Å². The lowest BCUT2D eigenvalue weighted by Crippen LogP contribution is -2.27.